The van der Waals surface area contributed by atoms with Crippen LogP contribution >= 0.6 is 27.5 Å². The number of nitrogens with zero attached hydrogens (tertiary/aromatic N) is 1. The van der Waals surface area contributed by atoms with Crippen LogP contribution in [0.4, 0.5) is 0 Å². The third-order valence-electron chi connectivity index (χ3n) is 3.61. The summed E-state index contributed by atoms with van der Waals surface area (Å²) in [6.45, 7) is 0.0496. The fourth-order valence-corrected chi connectivity index (χ4v) is 2.69. The molecule has 2 N–H and O–H groups in total. The van der Waals surface area contributed by atoms with Gasteiger partial charge in [-0.05, 0) is 36.4 Å². The minimum atomic E-state index is -0.469. The molecule has 2 heterocycles. The fourth-order valence-electron chi connectivity index (χ4n) is 2.27. The van der Waals surface area contributed by atoms with Gasteiger partial charge in [0, 0.05) is 21.3 Å². The smallest absolute Gasteiger partial charge is 0.270 e. The van der Waals surface area contributed by atoms with Crippen molar-refractivity contribution in [2.24, 2.45) is 0 Å². The average molecular weight is 449 g/mol. The molecule has 27 heavy (non-hydrogen) atoms. The Labute approximate surface area is 169 Å². The number of amides is 2. The Morgan fingerprint density at radius 1 is 1.07 bits per heavy atom. The third-order valence-corrected chi connectivity index (χ3v) is 4.38. The van der Waals surface area contributed by atoms with Crippen molar-refractivity contribution in [1.82, 2.24) is 15.6 Å². The summed E-state index contributed by atoms with van der Waals surface area (Å²) in [5, 5.41) is 5.58. The molecule has 0 aliphatic heterocycles. The molecule has 138 valence electrons. The molecule has 0 aliphatic rings. The molecular formula is C19H15BrClN3O3. The first-order valence-corrected chi connectivity index (χ1v) is 9.19. The number of carbonyl (C=O) groups is 2. The van der Waals surface area contributed by atoms with Crippen molar-refractivity contribution in [2.75, 3.05) is 6.54 Å². The molecule has 6 nitrogen and oxygen atoms in total. The number of furan rings is 1. The molecule has 0 radical (unpaired) electrons. The number of halogens is 2. The highest BCUT2D eigenvalue weighted by Gasteiger charge is 2.11. The molecular weight excluding hydrogens is 434 g/mol. The van der Waals surface area contributed by atoms with E-state index >= 15 is 0 Å². The molecule has 3 rings (SSSR count). The van der Waals surface area contributed by atoms with Gasteiger partial charge in [-0.25, -0.2) is 0 Å². The lowest BCUT2D eigenvalue weighted by atomic mass is 10.2. The molecule has 0 fully saturated rings. The summed E-state index contributed by atoms with van der Waals surface area (Å²) < 4.78 is 6.71. The maximum Gasteiger partial charge on any atom is 0.270 e. The number of benzene rings is 1. The molecule has 2 aromatic heterocycles. The molecule has 0 unspecified atom stereocenters. The monoisotopic (exact) mass is 447 g/mol. The summed E-state index contributed by atoms with van der Waals surface area (Å²) in [5.41, 5.74) is 1.09. The first kappa shape index (κ1) is 19.1. The maximum absolute atomic E-state index is 11.9. The van der Waals surface area contributed by atoms with E-state index in [0.29, 0.717) is 16.5 Å². The summed E-state index contributed by atoms with van der Waals surface area (Å²) in [6.07, 6.45) is 1.43. The molecule has 0 atom stereocenters. The first-order chi connectivity index (χ1) is 13.0. The molecule has 0 bridgehead atoms. The lowest BCUT2D eigenvalue weighted by molar-refractivity contribution is -0.120. The van der Waals surface area contributed by atoms with Gasteiger partial charge in [0.1, 0.15) is 17.2 Å². The standard InChI is InChI=1S/C19H15BrClN3O3/c20-13-3-1-12(2-4-13)17-6-5-15(27-17)10-23-18(25)11-24-19(26)16-9-14(21)7-8-22-16/h1-9H,10-11H2,(H,23,25)(H,24,26). The van der Waals surface area contributed by atoms with Gasteiger partial charge in [0.05, 0.1) is 13.1 Å². The zero-order valence-corrected chi connectivity index (χ0v) is 16.4. The minimum absolute atomic E-state index is 0.153. The summed E-state index contributed by atoms with van der Waals surface area (Å²) in [7, 11) is 0. The van der Waals surface area contributed by atoms with E-state index < -0.39 is 5.91 Å². The van der Waals surface area contributed by atoms with Crippen molar-refractivity contribution in [3.05, 3.63) is 75.7 Å². The minimum Gasteiger partial charge on any atom is -0.459 e. The predicted octanol–water partition coefficient (Wildman–Crippen LogP) is 3.80. The van der Waals surface area contributed by atoms with E-state index in [-0.39, 0.29) is 24.7 Å². The number of hydrogen-bond acceptors (Lipinski definition) is 4. The van der Waals surface area contributed by atoms with Crippen molar-refractivity contribution in [1.29, 1.82) is 0 Å². The second-order valence-corrected chi connectivity index (χ2v) is 6.94. The molecule has 0 saturated heterocycles. The van der Waals surface area contributed by atoms with Crippen LogP contribution < -0.4 is 10.6 Å². The van der Waals surface area contributed by atoms with E-state index in [1.807, 2.05) is 30.3 Å². The zero-order chi connectivity index (χ0) is 19.2. The highest BCUT2D eigenvalue weighted by molar-refractivity contribution is 9.10. The van der Waals surface area contributed by atoms with Crippen LogP contribution in [0.5, 0.6) is 0 Å². The Bertz CT molecular complexity index is 957. The second-order valence-electron chi connectivity index (χ2n) is 5.59. The highest BCUT2D eigenvalue weighted by atomic mass is 79.9. The van der Waals surface area contributed by atoms with E-state index in [9.17, 15) is 9.59 Å². The summed E-state index contributed by atoms with van der Waals surface area (Å²) in [6, 6.07) is 14.4. The van der Waals surface area contributed by atoms with E-state index in [2.05, 4.69) is 31.5 Å². The first-order valence-electron chi connectivity index (χ1n) is 8.02. The topological polar surface area (TPSA) is 84.2 Å². The number of nitrogens with one attached hydrogen (secondary N) is 2. The summed E-state index contributed by atoms with van der Waals surface area (Å²) in [5.74, 6) is 0.520. The van der Waals surface area contributed by atoms with Gasteiger partial charge in [-0.2, -0.15) is 0 Å². The Balaban J connectivity index is 1.48. The number of carbonyl (C=O) groups excluding carboxylic acids is 2. The van der Waals surface area contributed by atoms with Crippen molar-refractivity contribution in [3.8, 4) is 11.3 Å². The second kappa shape index (κ2) is 8.83. The molecule has 0 aliphatic carbocycles. The van der Waals surface area contributed by atoms with Gasteiger partial charge in [0.25, 0.3) is 5.91 Å². The molecule has 1 aromatic carbocycles. The number of hydrogen-bond donors (Lipinski definition) is 2. The third kappa shape index (κ3) is 5.42. The normalized spacial score (nSPS) is 10.4. The largest absolute Gasteiger partial charge is 0.459 e. The van der Waals surface area contributed by atoms with Crippen molar-refractivity contribution >= 4 is 39.3 Å². The molecule has 0 spiro atoms. The van der Waals surface area contributed by atoms with Gasteiger partial charge in [-0.15, -0.1) is 0 Å². The lowest BCUT2D eigenvalue weighted by Gasteiger charge is -2.06. The zero-order valence-electron chi connectivity index (χ0n) is 14.0. The van der Waals surface area contributed by atoms with Crippen LogP contribution in [0.3, 0.4) is 0 Å². The van der Waals surface area contributed by atoms with Crippen molar-refractivity contribution in [2.45, 2.75) is 6.54 Å². The predicted molar refractivity (Wildman–Crippen MR) is 105 cm³/mol. The van der Waals surface area contributed by atoms with Gasteiger partial charge in [0.2, 0.25) is 5.91 Å². The Hall–Kier alpha value is -2.64. The lowest BCUT2D eigenvalue weighted by Crippen LogP contribution is -2.36. The molecule has 0 saturated carbocycles. The quantitative estimate of drug-likeness (QED) is 0.601. The van der Waals surface area contributed by atoms with Gasteiger partial charge in [0.15, 0.2) is 0 Å². The van der Waals surface area contributed by atoms with E-state index in [4.69, 9.17) is 16.0 Å². The number of pyridine rings is 1. The average Bonchev–Trinajstić information content (AvgIpc) is 3.14. The van der Waals surface area contributed by atoms with Crippen LogP contribution in [0.15, 0.2) is 63.6 Å². The van der Waals surface area contributed by atoms with Crippen LogP contribution in [0.2, 0.25) is 5.02 Å². The molecule has 3 aromatic rings. The van der Waals surface area contributed by atoms with Crippen molar-refractivity contribution in [3.63, 3.8) is 0 Å². The van der Waals surface area contributed by atoms with E-state index in [0.717, 1.165) is 10.0 Å². The van der Waals surface area contributed by atoms with E-state index in [1.165, 1.54) is 12.3 Å². The van der Waals surface area contributed by atoms with Crippen molar-refractivity contribution < 1.29 is 14.0 Å². The highest BCUT2D eigenvalue weighted by Crippen LogP contribution is 2.23. The van der Waals surface area contributed by atoms with Gasteiger partial charge >= 0.3 is 0 Å². The van der Waals surface area contributed by atoms with Crippen LogP contribution in [-0.4, -0.2) is 23.3 Å². The Morgan fingerprint density at radius 2 is 1.85 bits per heavy atom. The number of rotatable bonds is 6. The van der Waals surface area contributed by atoms with Crippen LogP contribution in [0, 0.1) is 0 Å². The Kier molecular flexibility index (Phi) is 6.26. The Morgan fingerprint density at radius 3 is 2.59 bits per heavy atom. The van der Waals surface area contributed by atoms with Gasteiger partial charge in [-0.1, -0.05) is 39.7 Å². The van der Waals surface area contributed by atoms with Crippen LogP contribution in [-0.2, 0) is 11.3 Å². The van der Waals surface area contributed by atoms with Gasteiger partial charge in [-0.3, -0.25) is 14.6 Å². The fraction of sp³-hybridized carbons (Fsp3) is 0.105. The van der Waals surface area contributed by atoms with Gasteiger partial charge < -0.3 is 15.1 Å². The maximum atomic E-state index is 11.9. The summed E-state index contributed by atoms with van der Waals surface area (Å²) in [4.78, 5) is 27.7. The van der Waals surface area contributed by atoms with Crippen LogP contribution in [0.1, 0.15) is 16.2 Å². The van der Waals surface area contributed by atoms with E-state index in [1.54, 1.807) is 12.1 Å². The molecule has 8 heteroatoms. The van der Waals surface area contributed by atoms with Crippen LogP contribution in [0.25, 0.3) is 11.3 Å². The number of aromatic nitrogens is 1. The molecule has 2 amide bonds. The SMILES string of the molecule is O=C(CNC(=O)c1cc(Cl)ccn1)NCc1ccc(-c2ccc(Br)cc2)o1. The summed E-state index contributed by atoms with van der Waals surface area (Å²) >= 11 is 9.20.